The number of alkyl halides is 3. The first kappa shape index (κ1) is 11.2. The summed E-state index contributed by atoms with van der Waals surface area (Å²) in [4.78, 5) is 1.66. The van der Waals surface area contributed by atoms with Gasteiger partial charge in [-0.25, -0.2) is 0 Å². The highest BCUT2D eigenvalue weighted by Gasteiger charge is 2.36. The molecule has 0 atom stereocenters. The number of hydrogen-bond acceptors (Lipinski definition) is 2. The molecule has 1 aliphatic heterocycles. The molecule has 82 valence electrons. The standard InChI is InChI=1S/C9H14F3NO/c1-14-8(9(10,11)12)7-13-5-3-2-4-6-13/h7H,2-6H2,1H3. The van der Waals surface area contributed by atoms with Crippen LogP contribution in [0.25, 0.3) is 0 Å². The zero-order chi connectivity index (χ0) is 10.6. The number of likely N-dealkylation sites (tertiary alicyclic amines) is 1. The molecule has 1 heterocycles. The average molecular weight is 209 g/mol. The van der Waals surface area contributed by atoms with Crippen molar-refractivity contribution in [2.45, 2.75) is 25.4 Å². The van der Waals surface area contributed by atoms with Crippen LogP contribution < -0.4 is 0 Å². The molecule has 0 aromatic rings. The summed E-state index contributed by atoms with van der Waals surface area (Å²) in [7, 11) is 1.04. The maximum Gasteiger partial charge on any atom is 0.450 e. The smallest absolute Gasteiger partial charge is 0.450 e. The maximum atomic E-state index is 12.3. The van der Waals surface area contributed by atoms with Crippen LogP contribution >= 0.6 is 0 Å². The first-order valence-corrected chi connectivity index (χ1v) is 4.61. The fraction of sp³-hybridized carbons (Fsp3) is 0.778. The largest absolute Gasteiger partial charge is 0.491 e. The van der Waals surface area contributed by atoms with E-state index in [0.717, 1.165) is 32.6 Å². The fourth-order valence-corrected chi connectivity index (χ4v) is 1.45. The molecule has 0 aliphatic carbocycles. The summed E-state index contributed by atoms with van der Waals surface area (Å²) in [6.07, 6.45) is -0.319. The Balaban J connectivity index is 2.62. The van der Waals surface area contributed by atoms with Crippen LogP contribution in [0.4, 0.5) is 13.2 Å². The topological polar surface area (TPSA) is 12.5 Å². The second-order valence-electron chi connectivity index (χ2n) is 3.29. The van der Waals surface area contributed by atoms with E-state index in [9.17, 15) is 13.2 Å². The van der Waals surface area contributed by atoms with Crippen molar-refractivity contribution >= 4 is 0 Å². The van der Waals surface area contributed by atoms with Gasteiger partial charge < -0.3 is 9.64 Å². The summed E-state index contributed by atoms with van der Waals surface area (Å²) in [5, 5.41) is 0. The van der Waals surface area contributed by atoms with E-state index < -0.39 is 11.9 Å². The van der Waals surface area contributed by atoms with Gasteiger partial charge in [-0.2, -0.15) is 13.2 Å². The molecule has 0 saturated carbocycles. The monoisotopic (exact) mass is 209 g/mol. The molecule has 0 unspecified atom stereocenters. The molecule has 1 fully saturated rings. The molecule has 1 saturated heterocycles. The van der Waals surface area contributed by atoms with Crippen LogP contribution in [0.1, 0.15) is 19.3 Å². The van der Waals surface area contributed by atoms with Crippen LogP contribution in [-0.2, 0) is 4.74 Å². The third kappa shape index (κ3) is 3.12. The second kappa shape index (κ2) is 4.57. The average Bonchev–Trinajstić information content (AvgIpc) is 2.14. The van der Waals surface area contributed by atoms with Crippen LogP contribution in [0, 0.1) is 0 Å². The molecule has 0 bridgehead atoms. The van der Waals surface area contributed by atoms with Gasteiger partial charge in [0, 0.05) is 19.3 Å². The lowest BCUT2D eigenvalue weighted by molar-refractivity contribution is -0.127. The molecule has 0 N–H and O–H groups in total. The molecule has 2 nitrogen and oxygen atoms in total. The Morgan fingerprint density at radius 3 is 2.21 bits per heavy atom. The van der Waals surface area contributed by atoms with Crippen molar-refractivity contribution in [3.8, 4) is 0 Å². The van der Waals surface area contributed by atoms with E-state index >= 15 is 0 Å². The lowest BCUT2D eigenvalue weighted by Crippen LogP contribution is -2.27. The summed E-state index contributed by atoms with van der Waals surface area (Å²) in [5.74, 6) is -0.917. The zero-order valence-corrected chi connectivity index (χ0v) is 8.10. The highest BCUT2D eigenvalue weighted by molar-refractivity contribution is 5.00. The van der Waals surface area contributed by atoms with Crippen LogP contribution in [0.3, 0.4) is 0 Å². The Labute approximate surface area is 81.3 Å². The highest BCUT2D eigenvalue weighted by atomic mass is 19.4. The van der Waals surface area contributed by atoms with Gasteiger partial charge in [0.05, 0.1) is 7.11 Å². The van der Waals surface area contributed by atoms with Gasteiger partial charge >= 0.3 is 6.18 Å². The SMILES string of the molecule is COC(=CN1CCCCC1)C(F)(F)F. The van der Waals surface area contributed by atoms with Gasteiger partial charge in [0.2, 0.25) is 5.76 Å². The first-order chi connectivity index (χ1) is 6.54. The third-order valence-electron chi connectivity index (χ3n) is 2.19. The third-order valence-corrected chi connectivity index (χ3v) is 2.19. The minimum absolute atomic E-state index is 0.683. The Bertz CT molecular complexity index is 207. The van der Waals surface area contributed by atoms with Gasteiger partial charge in [-0.05, 0) is 19.3 Å². The Hall–Kier alpha value is -0.870. The summed E-state index contributed by atoms with van der Waals surface area (Å²) in [5.41, 5.74) is 0. The van der Waals surface area contributed by atoms with Crippen molar-refractivity contribution in [3.05, 3.63) is 12.0 Å². The number of ether oxygens (including phenoxy) is 1. The molecule has 14 heavy (non-hydrogen) atoms. The van der Waals surface area contributed by atoms with Crippen LogP contribution in [-0.4, -0.2) is 31.3 Å². The molecule has 1 aliphatic rings. The molecule has 1 rings (SSSR count). The molecular weight excluding hydrogens is 195 g/mol. The zero-order valence-electron chi connectivity index (χ0n) is 8.10. The molecule has 0 amide bonds. The van der Waals surface area contributed by atoms with Crippen molar-refractivity contribution in [1.29, 1.82) is 0 Å². The van der Waals surface area contributed by atoms with Crippen molar-refractivity contribution < 1.29 is 17.9 Å². The molecule has 0 aromatic heterocycles. The first-order valence-electron chi connectivity index (χ1n) is 4.61. The number of methoxy groups -OCH3 is 1. The number of allylic oxidation sites excluding steroid dienone is 1. The van der Waals surface area contributed by atoms with E-state index in [1.54, 1.807) is 4.90 Å². The number of halogens is 3. The van der Waals surface area contributed by atoms with E-state index in [1.807, 2.05) is 0 Å². The van der Waals surface area contributed by atoms with Gasteiger partial charge in [-0.15, -0.1) is 0 Å². The molecular formula is C9H14F3NO. The normalized spacial score (nSPS) is 19.7. The van der Waals surface area contributed by atoms with Crippen LogP contribution in [0.5, 0.6) is 0 Å². The Morgan fingerprint density at radius 1 is 1.21 bits per heavy atom. The highest BCUT2D eigenvalue weighted by Crippen LogP contribution is 2.26. The Kier molecular flexibility index (Phi) is 3.66. The quantitative estimate of drug-likeness (QED) is 0.648. The van der Waals surface area contributed by atoms with Crippen molar-refractivity contribution in [1.82, 2.24) is 4.90 Å². The summed E-state index contributed by atoms with van der Waals surface area (Å²) in [6, 6.07) is 0. The summed E-state index contributed by atoms with van der Waals surface area (Å²) in [6.45, 7) is 1.37. The van der Waals surface area contributed by atoms with Gasteiger partial charge in [0.25, 0.3) is 0 Å². The van der Waals surface area contributed by atoms with Gasteiger partial charge in [-0.3, -0.25) is 0 Å². The van der Waals surface area contributed by atoms with Crippen molar-refractivity contribution in [2.75, 3.05) is 20.2 Å². The Morgan fingerprint density at radius 2 is 1.79 bits per heavy atom. The molecule has 0 spiro atoms. The minimum atomic E-state index is -4.38. The van der Waals surface area contributed by atoms with E-state index in [2.05, 4.69) is 4.74 Å². The van der Waals surface area contributed by atoms with Gasteiger partial charge in [0.15, 0.2) is 0 Å². The molecule has 5 heteroatoms. The van der Waals surface area contributed by atoms with E-state index in [0.29, 0.717) is 13.1 Å². The predicted molar refractivity (Wildman–Crippen MR) is 46.6 cm³/mol. The molecule has 0 aromatic carbocycles. The maximum absolute atomic E-state index is 12.3. The van der Waals surface area contributed by atoms with E-state index in [4.69, 9.17) is 0 Å². The second-order valence-corrected chi connectivity index (χ2v) is 3.29. The number of rotatable bonds is 2. The summed E-state index contributed by atoms with van der Waals surface area (Å²) >= 11 is 0. The number of hydrogen-bond donors (Lipinski definition) is 0. The number of piperidine rings is 1. The lowest BCUT2D eigenvalue weighted by Gasteiger charge is -2.26. The van der Waals surface area contributed by atoms with Crippen LogP contribution in [0.15, 0.2) is 12.0 Å². The van der Waals surface area contributed by atoms with E-state index in [-0.39, 0.29) is 0 Å². The van der Waals surface area contributed by atoms with Gasteiger partial charge in [-0.1, -0.05) is 0 Å². The van der Waals surface area contributed by atoms with Gasteiger partial charge in [0.1, 0.15) is 0 Å². The molecule has 0 radical (unpaired) electrons. The van der Waals surface area contributed by atoms with Crippen molar-refractivity contribution in [2.24, 2.45) is 0 Å². The van der Waals surface area contributed by atoms with Crippen molar-refractivity contribution in [3.63, 3.8) is 0 Å². The summed E-state index contributed by atoms with van der Waals surface area (Å²) < 4.78 is 41.1. The lowest BCUT2D eigenvalue weighted by atomic mass is 10.1. The minimum Gasteiger partial charge on any atom is -0.491 e. The van der Waals surface area contributed by atoms with Crippen LogP contribution in [0.2, 0.25) is 0 Å². The predicted octanol–water partition coefficient (Wildman–Crippen LogP) is 2.52. The van der Waals surface area contributed by atoms with E-state index in [1.165, 1.54) is 0 Å². The number of nitrogens with zero attached hydrogens (tertiary/aromatic N) is 1. The fourth-order valence-electron chi connectivity index (χ4n) is 1.45.